The number of hydrogen-bond donors (Lipinski definition) is 2. The highest BCUT2D eigenvalue weighted by Gasteiger charge is 2.15. The number of carbonyl (C=O) groups excluding carboxylic acids is 1. The maximum atomic E-state index is 11.9. The maximum Gasteiger partial charge on any atom is 0.243 e. The summed E-state index contributed by atoms with van der Waals surface area (Å²) in [7, 11) is 7.03. The van der Waals surface area contributed by atoms with Gasteiger partial charge >= 0.3 is 0 Å². The first-order valence-electron chi connectivity index (χ1n) is 6.35. The van der Waals surface area contributed by atoms with E-state index in [0.29, 0.717) is 11.4 Å². The third-order valence-electron chi connectivity index (χ3n) is 2.70. The highest BCUT2D eigenvalue weighted by Crippen LogP contribution is 2.26. The van der Waals surface area contributed by atoms with Gasteiger partial charge < -0.3 is 25.4 Å². The maximum absolute atomic E-state index is 11.9. The van der Waals surface area contributed by atoms with E-state index >= 15 is 0 Å². The van der Waals surface area contributed by atoms with Gasteiger partial charge in [-0.05, 0) is 31.8 Å². The normalized spacial score (nSPS) is 12.3. The van der Waals surface area contributed by atoms with E-state index in [-0.39, 0.29) is 12.5 Å². The predicted molar refractivity (Wildman–Crippen MR) is 78.9 cm³/mol. The summed E-state index contributed by atoms with van der Waals surface area (Å²) >= 11 is 0. The van der Waals surface area contributed by atoms with Gasteiger partial charge in [0.2, 0.25) is 5.91 Å². The largest absolute Gasteiger partial charge is 0.495 e. The number of carbonyl (C=O) groups is 1. The minimum atomic E-state index is -0.706. The summed E-state index contributed by atoms with van der Waals surface area (Å²) in [6.07, 6.45) is 0. The molecule has 1 unspecified atom stereocenters. The lowest BCUT2D eigenvalue weighted by Gasteiger charge is -2.16. The van der Waals surface area contributed by atoms with Crippen molar-refractivity contribution in [2.75, 3.05) is 40.2 Å². The number of hydrogen-bond acceptors (Lipinski definition) is 5. The van der Waals surface area contributed by atoms with E-state index in [0.717, 1.165) is 12.1 Å². The highest BCUT2D eigenvalue weighted by molar-refractivity contribution is 5.96. The van der Waals surface area contributed by atoms with Crippen LogP contribution in [0.1, 0.15) is 5.56 Å². The van der Waals surface area contributed by atoms with Gasteiger partial charge in [-0.1, -0.05) is 6.07 Å². The Morgan fingerprint density at radius 3 is 2.65 bits per heavy atom. The molecule has 0 aliphatic rings. The summed E-state index contributed by atoms with van der Waals surface area (Å²) in [6.45, 7) is 0.947. The zero-order chi connectivity index (χ0) is 15.1. The number of benzene rings is 1. The van der Waals surface area contributed by atoms with Crippen molar-refractivity contribution in [2.45, 2.75) is 12.6 Å². The Kier molecular flexibility index (Phi) is 6.44. The minimum Gasteiger partial charge on any atom is -0.495 e. The van der Waals surface area contributed by atoms with E-state index in [2.05, 4.69) is 5.32 Å². The summed E-state index contributed by atoms with van der Waals surface area (Å²) < 4.78 is 10.1. The third-order valence-corrected chi connectivity index (χ3v) is 2.70. The van der Waals surface area contributed by atoms with Crippen LogP contribution in [0.5, 0.6) is 5.75 Å². The Bertz CT molecular complexity index is 449. The van der Waals surface area contributed by atoms with Crippen molar-refractivity contribution in [3.63, 3.8) is 0 Å². The van der Waals surface area contributed by atoms with Crippen molar-refractivity contribution in [1.29, 1.82) is 0 Å². The van der Waals surface area contributed by atoms with Gasteiger partial charge in [0.1, 0.15) is 11.8 Å². The van der Waals surface area contributed by atoms with Crippen LogP contribution in [0, 0.1) is 0 Å². The van der Waals surface area contributed by atoms with Gasteiger partial charge in [0.25, 0.3) is 0 Å². The molecule has 0 bridgehead atoms. The molecule has 6 heteroatoms. The molecule has 0 saturated heterocycles. The van der Waals surface area contributed by atoms with Gasteiger partial charge in [-0.3, -0.25) is 4.79 Å². The van der Waals surface area contributed by atoms with E-state index in [1.54, 1.807) is 7.11 Å². The van der Waals surface area contributed by atoms with Crippen LogP contribution in [0.15, 0.2) is 18.2 Å². The molecule has 0 radical (unpaired) electrons. The average molecular weight is 281 g/mol. The van der Waals surface area contributed by atoms with Crippen molar-refractivity contribution in [3.8, 4) is 5.75 Å². The zero-order valence-corrected chi connectivity index (χ0v) is 12.5. The van der Waals surface area contributed by atoms with Crippen LogP contribution in [-0.2, 0) is 16.1 Å². The molecular weight excluding hydrogens is 258 g/mol. The average Bonchev–Trinajstić information content (AvgIpc) is 2.38. The Hall–Kier alpha value is -1.63. The summed E-state index contributed by atoms with van der Waals surface area (Å²) in [5.41, 5.74) is 7.39. The van der Waals surface area contributed by atoms with Crippen molar-refractivity contribution < 1.29 is 14.3 Å². The van der Waals surface area contributed by atoms with Crippen LogP contribution in [-0.4, -0.2) is 51.8 Å². The van der Waals surface area contributed by atoms with Crippen LogP contribution in [0.25, 0.3) is 0 Å². The van der Waals surface area contributed by atoms with Gasteiger partial charge in [0, 0.05) is 13.7 Å². The third kappa shape index (κ3) is 4.80. The van der Waals surface area contributed by atoms with Crippen LogP contribution >= 0.6 is 0 Å². The second-order valence-electron chi connectivity index (χ2n) is 4.82. The van der Waals surface area contributed by atoms with Gasteiger partial charge in [-0.2, -0.15) is 0 Å². The van der Waals surface area contributed by atoms with E-state index < -0.39 is 6.04 Å². The van der Waals surface area contributed by atoms with Crippen LogP contribution < -0.4 is 15.8 Å². The molecule has 0 fully saturated rings. The van der Waals surface area contributed by atoms with Gasteiger partial charge in [0.05, 0.1) is 19.4 Å². The number of nitrogens with one attached hydrogen (secondary N) is 1. The second kappa shape index (κ2) is 7.84. The monoisotopic (exact) mass is 281 g/mol. The SMILES string of the molecule is COCC(N)C(=O)Nc1cc(CN(C)C)ccc1OC. The fraction of sp³-hybridized carbons (Fsp3) is 0.500. The standard InChI is InChI=1S/C14H23N3O3/c1-17(2)8-10-5-6-13(20-4)12(7-10)16-14(18)11(15)9-19-3/h5-7,11H,8-9,15H2,1-4H3,(H,16,18). The first-order valence-corrected chi connectivity index (χ1v) is 6.35. The molecule has 1 aromatic carbocycles. The van der Waals surface area contributed by atoms with Gasteiger partial charge in [0.15, 0.2) is 0 Å². The number of anilines is 1. The van der Waals surface area contributed by atoms with Crippen molar-refractivity contribution in [1.82, 2.24) is 4.90 Å². The molecule has 1 atom stereocenters. The molecule has 0 saturated carbocycles. The van der Waals surface area contributed by atoms with E-state index in [1.165, 1.54) is 7.11 Å². The Balaban J connectivity index is 2.88. The summed E-state index contributed by atoms with van der Waals surface area (Å²) in [5, 5.41) is 2.77. The number of nitrogens with two attached hydrogens (primary N) is 1. The number of methoxy groups -OCH3 is 2. The fourth-order valence-electron chi connectivity index (χ4n) is 1.80. The lowest BCUT2D eigenvalue weighted by molar-refractivity contribution is -0.118. The second-order valence-corrected chi connectivity index (χ2v) is 4.82. The number of ether oxygens (including phenoxy) is 2. The number of rotatable bonds is 7. The minimum absolute atomic E-state index is 0.172. The Morgan fingerprint density at radius 2 is 2.10 bits per heavy atom. The molecule has 0 aromatic heterocycles. The zero-order valence-electron chi connectivity index (χ0n) is 12.5. The van der Waals surface area contributed by atoms with Crippen LogP contribution in [0.2, 0.25) is 0 Å². The molecule has 0 spiro atoms. The van der Waals surface area contributed by atoms with Crippen molar-refractivity contribution >= 4 is 11.6 Å². The first-order chi connectivity index (χ1) is 9.47. The van der Waals surface area contributed by atoms with Crippen molar-refractivity contribution in [2.24, 2.45) is 5.73 Å². The Labute approximate surface area is 119 Å². The first kappa shape index (κ1) is 16.4. The molecule has 3 N–H and O–H groups in total. The number of amides is 1. The molecule has 6 nitrogen and oxygen atoms in total. The molecule has 0 heterocycles. The number of nitrogens with zero attached hydrogens (tertiary/aromatic N) is 1. The smallest absolute Gasteiger partial charge is 0.243 e. The molecule has 1 rings (SSSR count). The molecule has 1 amide bonds. The van der Waals surface area contributed by atoms with E-state index in [9.17, 15) is 4.79 Å². The lowest BCUT2D eigenvalue weighted by atomic mass is 10.1. The molecule has 20 heavy (non-hydrogen) atoms. The molecular formula is C14H23N3O3. The van der Waals surface area contributed by atoms with Gasteiger partial charge in [-0.25, -0.2) is 0 Å². The quantitative estimate of drug-likeness (QED) is 0.768. The van der Waals surface area contributed by atoms with E-state index in [4.69, 9.17) is 15.2 Å². The van der Waals surface area contributed by atoms with Crippen LogP contribution in [0.3, 0.4) is 0 Å². The van der Waals surface area contributed by atoms with E-state index in [1.807, 2.05) is 37.2 Å². The molecule has 0 aliphatic carbocycles. The molecule has 0 aliphatic heterocycles. The lowest BCUT2D eigenvalue weighted by Crippen LogP contribution is -2.39. The summed E-state index contributed by atoms with van der Waals surface area (Å²) in [5.74, 6) is 0.303. The van der Waals surface area contributed by atoms with Crippen LogP contribution in [0.4, 0.5) is 5.69 Å². The summed E-state index contributed by atoms with van der Waals surface area (Å²) in [4.78, 5) is 14.0. The van der Waals surface area contributed by atoms with Crippen molar-refractivity contribution in [3.05, 3.63) is 23.8 Å². The molecule has 112 valence electrons. The summed E-state index contributed by atoms with van der Waals surface area (Å²) in [6, 6.07) is 4.97. The topological polar surface area (TPSA) is 76.8 Å². The molecule has 1 aromatic rings. The van der Waals surface area contributed by atoms with Gasteiger partial charge in [-0.15, -0.1) is 0 Å². The predicted octanol–water partition coefficient (Wildman–Crippen LogP) is 0.669. The Morgan fingerprint density at radius 1 is 1.40 bits per heavy atom. The fourth-order valence-corrected chi connectivity index (χ4v) is 1.80. The highest BCUT2D eigenvalue weighted by atomic mass is 16.5.